The maximum atomic E-state index is 12.6. The molecule has 0 fully saturated rings. The van der Waals surface area contributed by atoms with Crippen LogP contribution in [0.25, 0.3) is 10.8 Å². The topological polar surface area (TPSA) is 261 Å². The van der Waals surface area contributed by atoms with E-state index in [9.17, 15) is 44.3 Å². The van der Waals surface area contributed by atoms with Crippen LogP contribution in [0.1, 0.15) is 0 Å². The van der Waals surface area contributed by atoms with E-state index in [-0.39, 0.29) is 110 Å². The Labute approximate surface area is 310 Å². The van der Waals surface area contributed by atoms with Gasteiger partial charge in [-0.15, -0.1) is 5.11 Å². The molecule has 0 bridgehead atoms. The van der Waals surface area contributed by atoms with Crippen molar-refractivity contribution in [2.75, 3.05) is 13.7 Å². The Hall–Kier alpha value is -0.370. The molecular formula is C19H13N2Na3O14S4. The van der Waals surface area contributed by atoms with Crippen molar-refractivity contribution in [3.8, 4) is 11.5 Å². The largest absolute Gasteiger partial charge is 1.00 e. The molecule has 3 aromatic rings. The van der Waals surface area contributed by atoms with Gasteiger partial charge in [0.2, 0.25) is 0 Å². The molecule has 0 aliphatic heterocycles. The van der Waals surface area contributed by atoms with Gasteiger partial charge in [-0.25, -0.2) is 25.8 Å². The minimum atomic E-state index is -5.42. The summed E-state index contributed by atoms with van der Waals surface area (Å²) in [5.41, 5.74) is -0.778. The van der Waals surface area contributed by atoms with Crippen molar-refractivity contribution in [2.45, 2.75) is 14.7 Å². The number of benzene rings is 3. The molecule has 0 saturated carbocycles. The van der Waals surface area contributed by atoms with Gasteiger partial charge in [0, 0.05) is 5.39 Å². The molecule has 16 nitrogen and oxygen atoms in total. The molecule has 0 aliphatic rings. The van der Waals surface area contributed by atoms with E-state index in [1.807, 2.05) is 0 Å². The summed E-state index contributed by atoms with van der Waals surface area (Å²) in [6.07, 6.45) is 0. The number of carbonyl (C=O) groups excluding carboxylic acids is 1. The van der Waals surface area contributed by atoms with E-state index in [4.69, 9.17) is 13.5 Å². The van der Waals surface area contributed by atoms with Crippen LogP contribution in [0.4, 0.5) is 11.4 Å². The molecule has 0 amide bonds. The third kappa shape index (κ3) is 11.5. The molecule has 0 heterocycles. The molecule has 1 N–H and O–H groups in total. The molecule has 0 unspecified atom stereocenters. The zero-order valence-corrected chi connectivity index (χ0v) is 31.3. The average Bonchev–Trinajstić information content (AvgIpc) is 2.83. The number of azo groups is 1. The normalized spacial score (nSPS) is 11.7. The van der Waals surface area contributed by atoms with E-state index < -0.39 is 69.8 Å². The van der Waals surface area contributed by atoms with Crippen LogP contribution in [0.5, 0.6) is 11.5 Å². The van der Waals surface area contributed by atoms with Gasteiger partial charge in [0.25, 0.3) is 0 Å². The van der Waals surface area contributed by atoms with Gasteiger partial charge >= 0.3 is 105 Å². The molecule has 210 valence electrons. The van der Waals surface area contributed by atoms with Crippen LogP contribution in [0.3, 0.4) is 0 Å². The molecule has 0 saturated heterocycles. The fourth-order valence-corrected chi connectivity index (χ4v) is 5.06. The molecule has 0 radical (unpaired) electrons. The summed E-state index contributed by atoms with van der Waals surface area (Å²) < 4.78 is 113. The predicted molar refractivity (Wildman–Crippen MR) is 126 cm³/mol. The van der Waals surface area contributed by atoms with Gasteiger partial charge in [-0.2, -0.15) is 13.5 Å². The Bertz CT molecular complexity index is 1820. The quantitative estimate of drug-likeness (QED) is 0.0897. The molecule has 0 aromatic heterocycles. The minimum Gasteiger partial charge on any atom is -0.871 e. The van der Waals surface area contributed by atoms with Gasteiger partial charge in [-0.1, -0.05) is 17.9 Å². The molecule has 3 rings (SSSR count). The molecular weight excluding hydrogens is 677 g/mol. The van der Waals surface area contributed by atoms with E-state index in [0.29, 0.717) is 18.1 Å². The number of hydrogen-bond donors (Lipinski definition) is 1. The van der Waals surface area contributed by atoms with Crippen LogP contribution in [0, 0.1) is 0 Å². The van der Waals surface area contributed by atoms with Gasteiger partial charge in [0.1, 0.15) is 31.7 Å². The van der Waals surface area contributed by atoms with E-state index in [1.54, 1.807) is 0 Å². The molecule has 23 heteroatoms. The van der Waals surface area contributed by atoms with Gasteiger partial charge in [-0.3, -0.25) is 4.55 Å². The molecule has 0 atom stereocenters. The van der Waals surface area contributed by atoms with Gasteiger partial charge in [-0.05, 0) is 35.7 Å². The second kappa shape index (κ2) is 16.8. The Morgan fingerprint density at radius 1 is 0.929 bits per heavy atom. The predicted octanol–water partition coefficient (Wildman–Crippen LogP) is -7.47. The maximum Gasteiger partial charge on any atom is 1.00 e. The van der Waals surface area contributed by atoms with E-state index in [0.717, 1.165) is 18.2 Å². The van der Waals surface area contributed by atoms with Crippen molar-refractivity contribution in [2.24, 2.45) is 10.2 Å². The molecule has 0 spiro atoms. The monoisotopic (exact) mass is 690 g/mol. The molecule has 42 heavy (non-hydrogen) atoms. The maximum absolute atomic E-state index is 12.6. The average molecular weight is 691 g/mol. The zero-order chi connectivity index (χ0) is 29.2. The number of hydrogen-bond acceptors (Lipinski definition) is 16. The number of fused-ring (bicyclic) bond motifs is 1. The zero-order valence-electron chi connectivity index (χ0n) is 22.0. The number of methoxy groups -OCH3 is 1. The first-order valence-corrected chi connectivity index (χ1v) is 14.7. The summed E-state index contributed by atoms with van der Waals surface area (Å²) >= 11 is 0.417. The molecule has 3 aromatic carbocycles. The van der Waals surface area contributed by atoms with Gasteiger partial charge in [0.15, 0.2) is 6.61 Å². The Morgan fingerprint density at radius 3 is 2.12 bits per heavy atom. The third-order valence-corrected chi connectivity index (χ3v) is 7.32. The summed E-state index contributed by atoms with van der Waals surface area (Å²) in [6.45, 7) is -1.12. The number of carbonyl (C=O) groups is 1. The number of ether oxygens (including phenoxy) is 1. The first-order valence-electron chi connectivity index (χ1n) is 9.78. The van der Waals surface area contributed by atoms with Crippen LogP contribution in [-0.4, -0.2) is 58.6 Å². The van der Waals surface area contributed by atoms with Crippen molar-refractivity contribution >= 4 is 70.8 Å². The fourth-order valence-electron chi connectivity index (χ4n) is 2.95. The Morgan fingerprint density at radius 2 is 1.57 bits per heavy atom. The summed E-state index contributed by atoms with van der Waals surface area (Å²) in [6, 6.07) is 6.91. The van der Waals surface area contributed by atoms with Crippen molar-refractivity contribution in [1.29, 1.82) is 0 Å². The summed E-state index contributed by atoms with van der Waals surface area (Å²) in [5.74, 6) is -2.03. The number of nitrogens with zero attached hydrogens (tertiary/aromatic N) is 2. The van der Waals surface area contributed by atoms with Crippen molar-refractivity contribution < 1.29 is 151 Å². The van der Waals surface area contributed by atoms with Crippen LogP contribution < -0.4 is 98.5 Å². The first-order chi connectivity index (χ1) is 18.0. The summed E-state index contributed by atoms with van der Waals surface area (Å²) in [5, 5.41) is 19.3. The smallest absolute Gasteiger partial charge is 0.871 e. The summed E-state index contributed by atoms with van der Waals surface area (Å²) in [7, 11) is -14.2. The van der Waals surface area contributed by atoms with E-state index >= 15 is 0 Å². The molecule has 0 aliphatic carbocycles. The standard InChI is InChI=1S/C19H16N2O14S4.3Na/c1-33-15-5-3-11(36-35-17(23)9-34-39(30,31)32)7-13(15)20-21-19-14(22)4-2-10-6-12(37(24,25)26)8-16(18(10)19)38(27,28)29;;;/h2-8,22H,9H2,1H3,(H,24,25,26)(H,27,28,29)(H,30,31,32);;;/q;3*+1/p-3. The van der Waals surface area contributed by atoms with Gasteiger partial charge < -0.3 is 23.1 Å². The Balaban J connectivity index is 0.00000560. The van der Waals surface area contributed by atoms with Crippen LogP contribution >= 0.6 is 12.0 Å². The Kier molecular flexibility index (Phi) is 16.7. The first kappa shape index (κ1) is 41.6. The SMILES string of the molecule is COc1ccc(SOC(=O)COS(=O)(=O)O)cc1N=Nc1c([O-])ccc2cc(S(=O)(=O)[O-])cc(S(=O)(=O)[O-])c12.[Na+].[Na+].[Na+]. The van der Waals surface area contributed by atoms with Crippen molar-refractivity contribution in [1.82, 2.24) is 0 Å². The van der Waals surface area contributed by atoms with E-state index in [2.05, 4.69) is 14.4 Å². The number of rotatable bonds is 10. The minimum absolute atomic E-state index is 0. The fraction of sp³-hybridized carbons (Fsp3) is 0.105. The van der Waals surface area contributed by atoms with Crippen LogP contribution in [-0.2, 0) is 43.8 Å². The van der Waals surface area contributed by atoms with Crippen molar-refractivity contribution in [3.05, 3.63) is 42.5 Å². The van der Waals surface area contributed by atoms with Crippen molar-refractivity contribution in [3.63, 3.8) is 0 Å². The summed E-state index contributed by atoms with van der Waals surface area (Å²) in [4.78, 5) is 9.53. The van der Waals surface area contributed by atoms with E-state index in [1.165, 1.54) is 25.3 Å². The van der Waals surface area contributed by atoms with Crippen LogP contribution in [0.2, 0.25) is 0 Å². The third-order valence-electron chi connectivity index (χ3n) is 4.51. The second-order valence-corrected chi connectivity index (χ2v) is 11.7. The van der Waals surface area contributed by atoms with Crippen LogP contribution in [0.15, 0.2) is 67.4 Å². The van der Waals surface area contributed by atoms with Gasteiger partial charge in [0.05, 0.1) is 39.5 Å². The second-order valence-electron chi connectivity index (χ2n) is 7.10.